The van der Waals surface area contributed by atoms with E-state index in [1.54, 1.807) is 11.8 Å². The minimum atomic E-state index is -0.712. The molecule has 202 valence electrons. The molecule has 4 heterocycles. The Morgan fingerprint density at radius 1 is 1.21 bits per heavy atom. The number of nitrogens with zero attached hydrogens (tertiary/aromatic N) is 2. The third kappa shape index (κ3) is 4.88. The van der Waals surface area contributed by atoms with Crippen LogP contribution in [0.25, 0.3) is 0 Å². The summed E-state index contributed by atoms with van der Waals surface area (Å²) in [6, 6.07) is 10.7. The normalized spacial score (nSPS) is 25.4. The Balaban J connectivity index is 1.50. The van der Waals surface area contributed by atoms with Gasteiger partial charge in [-0.25, -0.2) is 9.59 Å². The van der Waals surface area contributed by atoms with Crippen LogP contribution in [0.1, 0.15) is 48.7 Å². The molecular weight excluding hydrogens is 490 g/mol. The third-order valence-electron chi connectivity index (χ3n) is 7.56. The van der Waals surface area contributed by atoms with Crippen LogP contribution in [0.2, 0.25) is 0 Å². The van der Waals surface area contributed by atoms with Crippen molar-refractivity contribution in [2.75, 3.05) is 25.2 Å². The van der Waals surface area contributed by atoms with E-state index >= 15 is 0 Å². The molecule has 3 fully saturated rings. The van der Waals surface area contributed by atoms with Gasteiger partial charge in [-0.2, -0.15) is 0 Å². The molecule has 10 heteroatoms. The lowest BCUT2D eigenvalue weighted by Gasteiger charge is -2.48. The molecule has 5 rings (SSSR count). The van der Waals surface area contributed by atoms with Crippen molar-refractivity contribution in [1.82, 2.24) is 9.58 Å². The molecule has 1 spiro atoms. The molecule has 0 radical (unpaired) electrons. The highest BCUT2D eigenvalue weighted by molar-refractivity contribution is 5.90. The number of aromatic nitrogens is 1. The molecule has 3 aliphatic rings. The summed E-state index contributed by atoms with van der Waals surface area (Å²) in [6.45, 7) is 6.03. The van der Waals surface area contributed by atoms with Crippen LogP contribution in [0.4, 0.5) is 4.79 Å². The van der Waals surface area contributed by atoms with Crippen LogP contribution < -0.4 is 15.6 Å². The number of fused-ring (bicyclic) bond motifs is 1. The predicted molar refractivity (Wildman–Crippen MR) is 138 cm³/mol. The summed E-state index contributed by atoms with van der Waals surface area (Å²) in [5.41, 5.74) is 3.31. The monoisotopic (exact) mass is 523 g/mol. The van der Waals surface area contributed by atoms with Crippen LogP contribution in [0.15, 0.2) is 60.0 Å². The highest BCUT2D eigenvalue weighted by Gasteiger charge is 2.60. The molecule has 2 bridgehead atoms. The molecule has 1 aromatic carbocycles. The van der Waals surface area contributed by atoms with Crippen LogP contribution in [0, 0.1) is 5.92 Å². The standard InChI is InChI=1S/C28H33N3O7/c1-3-16-36-27(34)30-15-13-28-12-10-20(38-28)17-21(28)25(30)29-31-14-11-22(32)24(23(31)26(33)35-4-2)37-18-19-8-6-5-7-9-19/h3,5-9,11,14,20-21,25,29H,1,4,10,12-13,15-18H2,2H3/t20-,21+,25-,28-/m0/s1. The van der Waals surface area contributed by atoms with Crippen LogP contribution >= 0.6 is 0 Å². The fourth-order valence-corrected chi connectivity index (χ4v) is 5.85. The molecule has 0 unspecified atom stereocenters. The van der Waals surface area contributed by atoms with Crippen LogP contribution in [-0.2, 0) is 20.8 Å². The van der Waals surface area contributed by atoms with Crippen molar-refractivity contribution in [3.63, 3.8) is 0 Å². The molecule has 2 aromatic rings. The van der Waals surface area contributed by atoms with Crippen molar-refractivity contribution in [3.05, 3.63) is 76.7 Å². The number of likely N-dealkylation sites (tertiary alicyclic amines) is 1. The summed E-state index contributed by atoms with van der Waals surface area (Å²) in [5.74, 6) is -0.872. The van der Waals surface area contributed by atoms with Gasteiger partial charge >= 0.3 is 12.1 Å². The summed E-state index contributed by atoms with van der Waals surface area (Å²) in [5, 5.41) is 0. The van der Waals surface area contributed by atoms with Crippen molar-refractivity contribution in [1.29, 1.82) is 0 Å². The Hall–Kier alpha value is -3.79. The van der Waals surface area contributed by atoms with Crippen LogP contribution in [0.3, 0.4) is 0 Å². The van der Waals surface area contributed by atoms with Gasteiger partial charge < -0.3 is 24.4 Å². The van der Waals surface area contributed by atoms with Gasteiger partial charge in [-0.15, -0.1) is 0 Å². The van der Waals surface area contributed by atoms with Gasteiger partial charge in [0.05, 0.1) is 18.3 Å². The first-order chi connectivity index (χ1) is 18.5. The molecule has 1 N–H and O–H groups in total. The molecule has 1 amide bonds. The van der Waals surface area contributed by atoms with E-state index < -0.39 is 23.7 Å². The molecule has 10 nitrogen and oxygen atoms in total. The first kappa shape index (κ1) is 25.8. The Kier molecular flexibility index (Phi) is 7.42. The number of carbonyl (C=O) groups is 2. The zero-order valence-electron chi connectivity index (χ0n) is 21.5. The fourth-order valence-electron chi connectivity index (χ4n) is 5.85. The number of piperidine rings is 1. The molecule has 1 aromatic heterocycles. The van der Waals surface area contributed by atoms with E-state index in [4.69, 9.17) is 18.9 Å². The molecule has 0 aliphatic carbocycles. The number of nitrogens with one attached hydrogen (secondary N) is 1. The van der Waals surface area contributed by atoms with Crippen LogP contribution in [-0.4, -0.2) is 59.3 Å². The molecule has 4 atom stereocenters. The molecular formula is C28H33N3O7. The fraction of sp³-hybridized carbons (Fsp3) is 0.464. The van der Waals surface area contributed by atoms with Crippen molar-refractivity contribution >= 4 is 12.1 Å². The Morgan fingerprint density at radius 2 is 2.03 bits per heavy atom. The highest BCUT2D eigenvalue weighted by atomic mass is 16.6. The van der Waals surface area contributed by atoms with Gasteiger partial charge in [-0.3, -0.25) is 14.4 Å². The van der Waals surface area contributed by atoms with E-state index in [0.717, 1.165) is 24.8 Å². The predicted octanol–water partition coefficient (Wildman–Crippen LogP) is 3.44. The number of carbonyl (C=O) groups excluding carboxylic acids is 2. The molecule has 3 aliphatic heterocycles. The van der Waals surface area contributed by atoms with E-state index in [1.807, 2.05) is 30.3 Å². The van der Waals surface area contributed by atoms with Crippen LogP contribution in [0.5, 0.6) is 5.75 Å². The second-order valence-electron chi connectivity index (χ2n) is 9.79. The lowest BCUT2D eigenvalue weighted by Crippen LogP contribution is -2.62. The number of pyridine rings is 1. The van der Waals surface area contributed by atoms with Gasteiger partial charge in [0.15, 0.2) is 11.4 Å². The number of ether oxygens (including phenoxy) is 4. The van der Waals surface area contributed by atoms with E-state index in [-0.39, 0.29) is 48.9 Å². The summed E-state index contributed by atoms with van der Waals surface area (Å²) >= 11 is 0. The third-order valence-corrected chi connectivity index (χ3v) is 7.56. The van der Waals surface area contributed by atoms with Crippen molar-refractivity contribution in [2.45, 2.75) is 57.1 Å². The van der Waals surface area contributed by atoms with E-state index in [0.29, 0.717) is 13.0 Å². The number of benzene rings is 1. The average molecular weight is 524 g/mol. The van der Waals surface area contributed by atoms with Crippen molar-refractivity contribution < 1.29 is 28.5 Å². The molecule has 3 saturated heterocycles. The van der Waals surface area contributed by atoms with Crippen molar-refractivity contribution in [3.8, 4) is 5.75 Å². The second-order valence-corrected chi connectivity index (χ2v) is 9.79. The van der Waals surface area contributed by atoms with Gasteiger partial charge in [-0.05, 0) is 38.2 Å². The summed E-state index contributed by atoms with van der Waals surface area (Å²) in [4.78, 5) is 40.7. The largest absolute Gasteiger partial charge is 0.482 e. The Morgan fingerprint density at radius 3 is 2.76 bits per heavy atom. The zero-order valence-corrected chi connectivity index (χ0v) is 21.5. The van der Waals surface area contributed by atoms with E-state index in [2.05, 4.69) is 12.0 Å². The van der Waals surface area contributed by atoms with Gasteiger partial charge in [0.1, 0.15) is 19.4 Å². The maximum atomic E-state index is 13.2. The van der Waals surface area contributed by atoms with Gasteiger partial charge in [0.2, 0.25) is 5.43 Å². The number of esters is 1. The van der Waals surface area contributed by atoms with E-state index in [9.17, 15) is 14.4 Å². The van der Waals surface area contributed by atoms with Gasteiger partial charge in [0.25, 0.3) is 0 Å². The second kappa shape index (κ2) is 10.9. The Bertz CT molecular complexity index is 1250. The SMILES string of the molecule is C=CCOC(=O)N1CC[C@@]23CC[C@@H](C[C@@H]2[C@H]1Nn1ccc(=O)c(OCc2ccccc2)c1C(=O)OCC)O3. The smallest absolute Gasteiger partial charge is 0.411 e. The van der Waals surface area contributed by atoms with Gasteiger partial charge in [-0.1, -0.05) is 43.0 Å². The first-order valence-corrected chi connectivity index (χ1v) is 13.0. The molecule has 0 saturated carbocycles. The van der Waals surface area contributed by atoms with Gasteiger partial charge in [0, 0.05) is 24.7 Å². The minimum Gasteiger partial charge on any atom is -0.482 e. The Labute approximate surface area is 221 Å². The maximum Gasteiger partial charge on any atom is 0.411 e. The quantitative estimate of drug-likeness (QED) is 0.393. The molecule has 38 heavy (non-hydrogen) atoms. The highest BCUT2D eigenvalue weighted by Crippen LogP contribution is 2.53. The number of hydrogen-bond donors (Lipinski definition) is 1. The zero-order chi connectivity index (χ0) is 26.7. The number of hydrogen-bond acceptors (Lipinski definition) is 8. The lowest BCUT2D eigenvalue weighted by atomic mass is 9.72. The lowest BCUT2D eigenvalue weighted by molar-refractivity contribution is -0.0665. The summed E-state index contributed by atoms with van der Waals surface area (Å²) < 4.78 is 24.4. The minimum absolute atomic E-state index is 0.0329. The topological polar surface area (TPSA) is 108 Å². The van der Waals surface area contributed by atoms with Crippen molar-refractivity contribution in [2.24, 2.45) is 5.92 Å². The first-order valence-electron chi connectivity index (χ1n) is 13.0. The number of amides is 1. The maximum absolute atomic E-state index is 13.2. The van der Waals surface area contributed by atoms with E-state index in [1.165, 1.54) is 23.0 Å². The average Bonchev–Trinajstić information content (AvgIpc) is 3.51. The summed E-state index contributed by atoms with van der Waals surface area (Å²) in [6.07, 6.45) is 5.46. The number of rotatable bonds is 9. The summed E-state index contributed by atoms with van der Waals surface area (Å²) in [7, 11) is 0.